The molecule has 1 unspecified atom stereocenters. The number of benzene rings is 1. The summed E-state index contributed by atoms with van der Waals surface area (Å²) in [6, 6.07) is 7.93. The molecule has 0 aliphatic heterocycles. The minimum Gasteiger partial charge on any atom is -0.377 e. The molecule has 20 heavy (non-hydrogen) atoms. The van der Waals surface area contributed by atoms with Gasteiger partial charge in [0.25, 0.3) is 5.91 Å². The van der Waals surface area contributed by atoms with Crippen molar-refractivity contribution in [3.05, 3.63) is 50.1 Å². The first-order valence-electron chi connectivity index (χ1n) is 6.35. The van der Waals surface area contributed by atoms with Crippen LogP contribution in [0.25, 0.3) is 0 Å². The largest absolute Gasteiger partial charge is 0.377 e. The van der Waals surface area contributed by atoms with Crippen molar-refractivity contribution >= 4 is 38.9 Å². The van der Waals surface area contributed by atoms with Crippen LogP contribution in [0.2, 0.25) is 0 Å². The van der Waals surface area contributed by atoms with Crippen molar-refractivity contribution < 1.29 is 4.79 Å². The summed E-state index contributed by atoms with van der Waals surface area (Å²) in [7, 11) is 1.64. The maximum absolute atomic E-state index is 11.7. The fraction of sp³-hybridized carbons (Fsp3) is 0.267. The van der Waals surface area contributed by atoms with Gasteiger partial charge in [0, 0.05) is 27.6 Å². The fourth-order valence-corrected chi connectivity index (χ4v) is 3.70. The van der Waals surface area contributed by atoms with Gasteiger partial charge in [-0.05, 0) is 58.9 Å². The molecule has 5 heteroatoms. The van der Waals surface area contributed by atoms with Crippen molar-refractivity contribution in [2.45, 2.75) is 19.9 Å². The number of carbonyl (C=O) groups excluding carboxylic acids is 1. The van der Waals surface area contributed by atoms with Crippen LogP contribution in [-0.4, -0.2) is 13.0 Å². The Bertz CT molecular complexity index is 624. The molecular weight excluding hydrogens is 336 g/mol. The third kappa shape index (κ3) is 3.22. The summed E-state index contributed by atoms with van der Waals surface area (Å²) in [5, 5.41) is 8.18. The highest BCUT2D eigenvalue weighted by atomic mass is 79.9. The molecule has 0 saturated carbocycles. The monoisotopic (exact) mass is 352 g/mol. The molecule has 106 valence electrons. The van der Waals surface area contributed by atoms with Gasteiger partial charge < -0.3 is 10.6 Å². The highest BCUT2D eigenvalue weighted by molar-refractivity contribution is 9.10. The van der Waals surface area contributed by atoms with Crippen LogP contribution in [0.4, 0.5) is 5.69 Å². The van der Waals surface area contributed by atoms with Crippen LogP contribution in [0.3, 0.4) is 0 Å². The van der Waals surface area contributed by atoms with Crippen LogP contribution in [0.5, 0.6) is 0 Å². The number of amides is 1. The molecule has 1 amide bonds. The smallest absolute Gasteiger partial charge is 0.251 e. The average Bonchev–Trinajstić information content (AvgIpc) is 2.86. The number of hydrogen-bond acceptors (Lipinski definition) is 3. The lowest BCUT2D eigenvalue weighted by Gasteiger charge is -2.17. The Morgan fingerprint density at radius 2 is 2.10 bits per heavy atom. The summed E-state index contributed by atoms with van der Waals surface area (Å²) in [5.41, 5.74) is 2.77. The van der Waals surface area contributed by atoms with Crippen LogP contribution >= 0.6 is 27.3 Å². The van der Waals surface area contributed by atoms with E-state index in [9.17, 15) is 4.79 Å². The molecule has 0 saturated heterocycles. The van der Waals surface area contributed by atoms with Crippen molar-refractivity contribution in [1.82, 2.24) is 5.32 Å². The number of rotatable bonds is 4. The van der Waals surface area contributed by atoms with Crippen LogP contribution in [0.1, 0.15) is 33.8 Å². The second-order valence-corrected chi connectivity index (χ2v) is 6.41. The Hall–Kier alpha value is -1.33. The van der Waals surface area contributed by atoms with Gasteiger partial charge in [0.2, 0.25) is 0 Å². The van der Waals surface area contributed by atoms with Crippen molar-refractivity contribution in [3.8, 4) is 0 Å². The van der Waals surface area contributed by atoms with E-state index >= 15 is 0 Å². The van der Waals surface area contributed by atoms with E-state index < -0.39 is 0 Å². The first-order chi connectivity index (χ1) is 9.52. The first kappa shape index (κ1) is 15.1. The third-order valence-corrected chi connectivity index (χ3v) is 5.19. The van der Waals surface area contributed by atoms with Gasteiger partial charge in [-0.25, -0.2) is 0 Å². The normalized spacial score (nSPS) is 12.0. The summed E-state index contributed by atoms with van der Waals surface area (Å²) in [6.07, 6.45) is 0. The van der Waals surface area contributed by atoms with Crippen molar-refractivity contribution in [2.75, 3.05) is 12.4 Å². The number of aryl methyl sites for hydroxylation is 1. The Balaban J connectivity index is 2.24. The molecule has 1 aromatic carbocycles. The quantitative estimate of drug-likeness (QED) is 0.858. The molecule has 0 fully saturated rings. The lowest BCUT2D eigenvalue weighted by atomic mass is 10.1. The Morgan fingerprint density at radius 3 is 2.70 bits per heavy atom. The molecule has 0 spiro atoms. The SMILES string of the molecule is CNC(=O)c1ccc(C)c(NC(C)c2sccc2Br)c1. The molecule has 0 radical (unpaired) electrons. The van der Waals surface area contributed by atoms with Gasteiger partial charge in [0.15, 0.2) is 0 Å². The molecule has 1 heterocycles. The van der Waals surface area contributed by atoms with Crippen molar-refractivity contribution in [3.63, 3.8) is 0 Å². The van der Waals surface area contributed by atoms with E-state index in [4.69, 9.17) is 0 Å². The molecule has 1 aromatic heterocycles. The Labute approximate surface area is 131 Å². The lowest BCUT2D eigenvalue weighted by molar-refractivity contribution is 0.0963. The Morgan fingerprint density at radius 1 is 1.35 bits per heavy atom. The summed E-state index contributed by atoms with van der Waals surface area (Å²) in [4.78, 5) is 12.9. The van der Waals surface area contributed by atoms with E-state index in [1.807, 2.05) is 31.2 Å². The standard InChI is InChI=1S/C15H17BrN2OS/c1-9-4-5-11(15(19)17-3)8-13(9)18-10(2)14-12(16)6-7-20-14/h4-8,10,18H,1-3H3,(H,17,19). The zero-order chi connectivity index (χ0) is 14.7. The minimum absolute atomic E-state index is 0.0713. The summed E-state index contributed by atoms with van der Waals surface area (Å²) < 4.78 is 1.11. The summed E-state index contributed by atoms with van der Waals surface area (Å²) in [6.45, 7) is 4.15. The van der Waals surface area contributed by atoms with Gasteiger partial charge in [-0.3, -0.25) is 4.79 Å². The van der Waals surface area contributed by atoms with E-state index in [-0.39, 0.29) is 11.9 Å². The molecule has 3 nitrogen and oxygen atoms in total. The lowest BCUT2D eigenvalue weighted by Crippen LogP contribution is -2.18. The molecule has 2 rings (SSSR count). The predicted octanol–water partition coefficient (Wildman–Crippen LogP) is 4.35. The van der Waals surface area contributed by atoms with E-state index in [0.717, 1.165) is 15.7 Å². The fourth-order valence-electron chi connectivity index (χ4n) is 1.98. The zero-order valence-electron chi connectivity index (χ0n) is 11.7. The maximum atomic E-state index is 11.7. The number of nitrogens with one attached hydrogen (secondary N) is 2. The minimum atomic E-state index is -0.0713. The van der Waals surface area contributed by atoms with Crippen molar-refractivity contribution in [1.29, 1.82) is 0 Å². The molecular formula is C15H17BrN2OS. The zero-order valence-corrected chi connectivity index (χ0v) is 14.1. The van der Waals surface area contributed by atoms with E-state index in [0.29, 0.717) is 5.56 Å². The average molecular weight is 353 g/mol. The highest BCUT2D eigenvalue weighted by Gasteiger charge is 2.13. The number of anilines is 1. The maximum Gasteiger partial charge on any atom is 0.251 e. The number of halogens is 1. The molecule has 2 aromatic rings. The first-order valence-corrected chi connectivity index (χ1v) is 8.02. The van der Waals surface area contributed by atoms with Crippen LogP contribution < -0.4 is 10.6 Å². The number of thiophene rings is 1. The van der Waals surface area contributed by atoms with Gasteiger partial charge in [-0.2, -0.15) is 0 Å². The molecule has 0 aliphatic carbocycles. The van der Waals surface area contributed by atoms with Gasteiger partial charge in [0.05, 0.1) is 6.04 Å². The van der Waals surface area contributed by atoms with E-state index in [2.05, 4.69) is 38.9 Å². The molecule has 0 bridgehead atoms. The van der Waals surface area contributed by atoms with Gasteiger partial charge in [0.1, 0.15) is 0 Å². The molecule has 2 N–H and O–H groups in total. The topological polar surface area (TPSA) is 41.1 Å². The third-order valence-electron chi connectivity index (χ3n) is 3.14. The van der Waals surface area contributed by atoms with Gasteiger partial charge >= 0.3 is 0 Å². The van der Waals surface area contributed by atoms with E-state index in [1.54, 1.807) is 18.4 Å². The van der Waals surface area contributed by atoms with Crippen LogP contribution in [0, 0.1) is 6.92 Å². The Kier molecular flexibility index (Phi) is 4.83. The van der Waals surface area contributed by atoms with Crippen LogP contribution in [-0.2, 0) is 0 Å². The van der Waals surface area contributed by atoms with Gasteiger partial charge in [-0.1, -0.05) is 6.07 Å². The summed E-state index contributed by atoms with van der Waals surface area (Å²) >= 11 is 5.26. The number of carbonyl (C=O) groups is 1. The molecule has 0 aliphatic rings. The molecule has 1 atom stereocenters. The second-order valence-electron chi connectivity index (χ2n) is 4.61. The summed E-state index contributed by atoms with van der Waals surface area (Å²) in [5.74, 6) is -0.0713. The predicted molar refractivity (Wildman–Crippen MR) is 88.6 cm³/mol. The number of hydrogen-bond donors (Lipinski definition) is 2. The van der Waals surface area contributed by atoms with Gasteiger partial charge in [-0.15, -0.1) is 11.3 Å². The second kappa shape index (κ2) is 6.41. The van der Waals surface area contributed by atoms with Crippen LogP contribution in [0.15, 0.2) is 34.1 Å². The highest BCUT2D eigenvalue weighted by Crippen LogP contribution is 2.32. The van der Waals surface area contributed by atoms with E-state index in [1.165, 1.54) is 4.88 Å². The van der Waals surface area contributed by atoms with Crippen molar-refractivity contribution in [2.24, 2.45) is 0 Å².